The van der Waals surface area contributed by atoms with Gasteiger partial charge in [0.1, 0.15) is 0 Å². The van der Waals surface area contributed by atoms with Crippen molar-refractivity contribution in [3.8, 4) is 0 Å². The van der Waals surface area contributed by atoms with Crippen LogP contribution in [-0.2, 0) is 0 Å². The Morgan fingerprint density at radius 1 is 0.800 bits per heavy atom. The van der Waals surface area contributed by atoms with Crippen LogP contribution in [0, 0.1) is 0 Å². The topological polar surface area (TPSA) is 0 Å². The molecule has 1 aliphatic rings. The van der Waals surface area contributed by atoms with E-state index in [9.17, 15) is 0 Å². The Balaban J connectivity index is 2.20. The molecule has 0 nitrogen and oxygen atoms in total. The van der Waals surface area contributed by atoms with Crippen molar-refractivity contribution in [3.05, 3.63) is 48.5 Å². The Labute approximate surface area is 104 Å². The molecule has 3 heteroatoms. The molecule has 0 aliphatic carbocycles. The molecule has 15 heavy (non-hydrogen) atoms. The number of halogens is 1. The number of hydrogen-bond acceptors (Lipinski definition) is 1. The van der Waals surface area contributed by atoms with E-state index in [2.05, 4.69) is 48.5 Å². The first-order valence-corrected chi connectivity index (χ1v) is 11.3. The number of benzene rings is 2. The Morgan fingerprint density at radius 2 is 1.27 bits per heavy atom. The Bertz CT molecular complexity index is 467. The molecule has 0 radical (unpaired) electrons. The molecule has 0 aromatic heterocycles. The average Bonchev–Trinajstić information content (AvgIpc) is 2.30. The van der Waals surface area contributed by atoms with Crippen LogP contribution in [0.1, 0.15) is 0 Å². The Morgan fingerprint density at radius 3 is 1.80 bits per heavy atom. The van der Waals surface area contributed by atoms with E-state index in [1.807, 2.05) is 11.8 Å². The molecular weight excluding hydrogens is 333 g/mol. The summed E-state index contributed by atoms with van der Waals surface area (Å²) in [5.74, 6) is 0. The van der Waals surface area contributed by atoms with Crippen molar-refractivity contribution in [2.75, 3.05) is 0 Å². The first kappa shape index (κ1) is 10.1. The summed E-state index contributed by atoms with van der Waals surface area (Å²) >= 11 is -0.0507. The van der Waals surface area contributed by atoms with Gasteiger partial charge in [0, 0.05) is 0 Å². The average molecular weight is 341 g/mol. The van der Waals surface area contributed by atoms with Gasteiger partial charge < -0.3 is 0 Å². The quantitative estimate of drug-likeness (QED) is 0.664. The van der Waals surface area contributed by atoms with Crippen LogP contribution in [-0.4, -0.2) is 19.1 Å². The minimum absolute atomic E-state index is 1.36. The summed E-state index contributed by atoms with van der Waals surface area (Å²) in [6.45, 7) is 0. The van der Waals surface area contributed by atoms with Crippen molar-refractivity contribution in [2.45, 2.75) is 9.79 Å². The zero-order valence-electron chi connectivity index (χ0n) is 7.85. The second-order valence-electron chi connectivity index (χ2n) is 3.32. The normalized spacial score (nSPS) is 14.5. The fourth-order valence-corrected chi connectivity index (χ4v) is 10.7. The molecule has 0 spiro atoms. The summed E-state index contributed by atoms with van der Waals surface area (Å²) in [6.07, 6.45) is 0. The SMILES string of the molecule is [Cl][Sb]1[c]2ccccc2Sc2cccc[c]21. The summed E-state index contributed by atoms with van der Waals surface area (Å²) in [4.78, 5) is 2.71. The van der Waals surface area contributed by atoms with E-state index in [1.54, 1.807) is 0 Å². The molecule has 74 valence electrons. The molecule has 3 rings (SSSR count). The van der Waals surface area contributed by atoms with Gasteiger partial charge in [-0.1, -0.05) is 0 Å². The third-order valence-electron chi connectivity index (χ3n) is 2.37. The van der Waals surface area contributed by atoms with Crippen LogP contribution in [0.25, 0.3) is 0 Å². The van der Waals surface area contributed by atoms with Gasteiger partial charge in [-0.05, 0) is 0 Å². The zero-order chi connectivity index (χ0) is 10.3. The number of rotatable bonds is 0. The molecule has 0 atom stereocenters. The molecule has 1 heterocycles. The first-order valence-electron chi connectivity index (χ1n) is 4.68. The van der Waals surface area contributed by atoms with Gasteiger partial charge in [-0.25, -0.2) is 0 Å². The van der Waals surface area contributed by atoms with Gasteiger partial charge in [-0.2, -0.15) is 0 Å². The molecule has 0 bridgehead atoms. The second kappa shape index (κ2) is 4.05. The third-order valence-corrected chi connectivity index (χ3v) is 11.5. The van der Waals surface area contributed by atoms with E-state index < -0.39 is 19.1 Å². The molecular formula is C12H8ClSSb. The maximum atomic E-state index is 6.65. The minimum atomic E-state index is -1.90. The maximum absolute atomic E-state index is 6.65. The van der Waals surface area contributed by atoms with E-state index in [4.69, 9.17) is 8.83 Å². The Kier molecular flexibility index (Phi) is 2.72. The van der Waals surface area contributed by atoms with E-state index in [1.165, 1.54) is 16.8 Å². The van der Waals surface area contributed by atoms with Crippen LogP contribution >= 0.6 is 20.6 Å². The van der Waals surface area contributed by atoms with Crippen LogP contribution < -0.4 is 7.02 Å². The van der Waals surface area contributed by atoms with Gasteiger partial charge in [-0.15, -0.1) is 0 Å². The van der Waals surface area contributed by atoms with Crippen LogP contribution in [0.3, 0.4) is 0 Å². The fourth-order valence-electron chi connectivity index (χ4n) is 1.66. The van der Waals surface area contributed by atoms with Crippen LogP contribution in [0.5, 0.6) is 0 Å². The van der Waals surface area contributed by atoms with Crippen molar-refractivity contribution >= 4 is 46.7 Å². The standard InChI is InChI=1S/C12H8S.ClH.Sb/c1-3-7-11(8-4-1)13-12-9-5-2-6-10-12;;/h1-7,9H;1H;/q;;+1/p-1. The number of fused-ring (bicyclic) bond motifs is 2. The molecule has 0 saturated heterocycles. The first-order chi connectivity index (χ1) is 7.36. The van der Waals surface area contributed by atoms with Gasteiger partial charge in [0.15, 0.2) is 0 Å². The molecule has 0 N–H and O–H groups in total. The predicted octanol–water partition coefficient (Wildman–Crippen LogP) is 2.50. The van der Waals surface area contributed by atoms with Gasteiger partial charge in [0.2, 0.25) is 0 Å². The molecule has 0 fully saturated rings. The monoisotopic (exact) mass is 340 g/mol. The van der Waals surface area contributed by atoms with Crippen molar-refractivity contribution in [1.29, 1.82) is 0 Å². The summed E-state index contributed by atoms with van der Waals surface area (Å²) in [5, 5.41) is 0. The fraction of sp³-hybridized carbons (Fsp3) is 0. The van der Waals surface area contributed by atoms with Crippen molar-refractivity contribution in [3.63, 3.8) is 0 Å². The summed E-state index contributed by atoms with van der Waals surface area (Å²) in [5.41, 5.74) is 0. The van der Waals surface area contributed by atoms with Crippen molar-refractivity contribution < 1.29 is 0 Å². The van der Waals surface area contributed by atoms with Gasteiger partial charge in [0.25, 0.3) is 0 Å². The summed E-state index contributed by atoms with van der Waals surface area (Å²) < 4.78 is 2.82. The zero-order valence-corrected chi connectivity index (χ0v) is 12.0. The number of hydrogen-bond donors (Lipinski definition) is 0. The predicted molar refractivity (Wildman–Crippen MR) is 67.9 cm³/mol. The summed E-state index contributed by atoms with van der Waals surface area (Å²) in [6, 6.07) is 17.1. The van der Waals surface area contributed by atoms with Crippen LogP contribution in [0.15, 0.2) is 58.3 Å². The van der Waals surface area contributed by atoms with Crippen molar-refractivity contribution in [2.24, 2.45) is 0 Å². The second-order valence-corrected chi connectivity index (χ2v) is 11.0. The van der Waals surface area contributed by atoms with E-state index in [0.29, 0.717) is 0 Å². The van der Waals surface area contributed by atoms with Gasteiger partial charge >= 0.3 is 105 Å². The molecule has 0 amide bonds. The third kappa shape index (κ3) is 1.71. The van der Waals surface area contributed by atoms with Crippen LogP contribution in [0.4, 0.5) is 0 Å². The summed E-state index contributed by atoms with van der Waals surface area (Å²) in [7, 11) is 6.65. The van der Waals surface area contributed by atoms with Crippen molar-refractivity contribution in [1.82, 2.24) is 0 Å². The van der Waals surface area contributed by atoms with E-state index >= 15 is 0 Å². The van der Waals surface area contributed by atoms with Gasteiger partial charge in [0.05, 0.1) is 0 Å². The van der Waals surface area contributed by atoms with E-state index in [0.717, 1.165) is 0 Å². The molecule has 0 unspecified atom stereocenters. The molecule has 0 saturated carbocycles. The van der Waals surface area contributed by atoms with E-state index in [-0.39, 0.29) is 0 Å². The molecule has 1 aliphatic heterocycles. The van der Waals surface area contributed by atoms with Gasteiger partial charge in [-0.3, -0.25) is 0 Å². The van der Waals surface area contributed by atoms with Crippen LogP contribution in [0.2, 0.25) is 0 Å². The molecule has 2 aromatic carbocycles. The molecule has 2 aromatic rings. The Hall–Kier alpha value is -0.102.